The number of carbonyl (C=O) groups excluding carboxylic acids is 2. The van der Waals surface area contributed by atoms with E-state index in [9.17, 15) is 19.8 Å². The molecule has 0 radical (unpaired) electrons. The maximum Gasteiger partial charge on any atom is 0.317 e. The van der Waals surface area contributed by atoms with Gasteiger partial charge < -0.3 is 24.4 Å². The van der Waals surface area contributed by atoms with Gasteiger partial charge in [0.15, 0.2) is 0 Å². The quantitative estimate of drug-likeness (QED) is 0.435. The minimum absolute atomic E-state index is 0.0300. The molecule has 1 aromatic carbocycles. The van der Waals surface area contributed by atoms with Crippen molar-refractivity contribution in [1.29, 1.82) is 0 Å². The number of ether oxygens (including phenoxy) is 3. The van der Waals surface area contributed by atoms with E-state index >= 15 is 0 Å². The Balaban J connectivity index is 1.45. The van der Waals surface area contributed by atoms with Crippen LogP contribution < -0.4 is 4.74 Å². The lowest BCUT2D eigenvalue weighted by Crippen LogP contribution is -2.55. The molecule has 8 unspecified atom stereocenters. The van der Waals surface area contributed by atoms with Crippen LogP contribution in [0, 0.1) is 23.7 Å². The van der Waals surface area contributed by atoms with Gasteiger partial charge in [-0.15, -0.1) is 0 Å². The maximum atomic E-state index is 13.6. The monoisotopic (exact) mass is 540 g/mol. The van der Waals surface area contributed by atoms with Crippen molar-refractivity contribution >= 4 is 23.5 Å². The third-order valence-electron chi connectivity index (χ3n) is 9.21. The summed E-state index contributed by atoms with van der Waals surface area (Å²) in [6.07, 6.45) is 1.25. The molecule has 8 atom stereocenters. The summed E-state index contributed by atoms with van der Waals surface area (Å²) in [5.74, 6) is -3.39. The van der Waals surface area contributed by atoms with Gasteiger partial charge in [-0.2, -0.15) is 0 Å². The van der Waals surface area contributed by atoms with E-state index in [0.29, 0.717) is 54.2 Å². The highest BCUT2D eigenvalue weighted by atomic mass is 35.5. The van der Waals surface area contributed by atoms with Crippen LogP contribution in [-0.4, -0.2) is 47.1 Å². The molecule has 8 heteroatoms. The molecule has 1 saturated heterocycles. The highest BCUT2D eigenvalue weighted by Gasteiger charge is 2.55. The zero-order valence-electron chi connectivity index (χ0n) is 21.8. The van der Waals surface area contributed by atoms with Crippen LogP contribution in [0.15, 0.2) is 51.8 Å². The molecule has 6 rings (SSSR count). The fourth-order valence-electron chi connectivity index (χ4n) is 6.87. The Labute approximate surface area is 227 Å². The Kier molecular flexibility index (Phi) is 6.44. The Bertz CT molecular complexity index is 1290. The molecule has 0 amide bonds. The number of esters is 2. The van der Waals surface area contributed by atoms with Gasteiger partial charge in [0.25, 0.3) is 0 Å². The molecule has 2 N–H and O–H groups in total. The van der Waals surface area contributed by atoms with Crippen molar-refractivity contribution in [2.45, 2.75) is 70.7 Å². The number of carbonyl (C=O) groups is 2. The van der Waals surface area contributed by atoms with E-state index in [1.54, 1.807) is 6.08 Å². The first kappa shape index (κ1) is 25.7. The van der Waals surface area contributed by atoms with Crippen molar-refractivity contribution in [3.05, 3.63) is 62.9 Å². The van der Waals surface area contributed by atoms with Crippen molar-refractivity contribution in [3.63, 3.8) is 0 Å². The molecule has 1 fully saturated rings. The molecular weight excluding hydrogens is 508 g/mol. The minimum atomic E-state index is -1.25. The lowest BCUT2D eigenvalue weighted by atomic mass is 9.64. The van der Waals surface area contributed by atoms with Gasteiger partial charge in [0, 0.05) is 41.7 Å². The summed E-state index contributed by atoms with van der Waals surface area (Å²) in [4.78, 5) is 27.2. The van der Waals surface area contributed by atoms with Crippen LogP contribution in [0.3, 0.4) is 0 Å². The summed E-state index contributed by atoms with van der Waals surface area (Å²) in [6.45, 7) is 6.55. The van der Waals surface area contributed by atoms with Gasteiger partial charge in [-0.05, 0) is 49.5 Å². The molecule has 2 aliphatic carbocycles. The van der Waals surface area contributed by atoms with Crippen molar-refractivity contribution in [1.82, 2.24) is 0 Å². The van der Waals surface area contributed by atoms with Crippen molar-refractivity contribution in [2.75, 3.05) is 6.61 Å². The van der Waals surface area contributed by atoms with Gasteiger partial charge in [0.05, 0.1) is 30.7 Å². The van der Waals surface area contributed by atoms with Crippen LogP contribution in [0.2, 0.25) is 0 Å². The lowest BCUT2D eigenvalue weighted by Gasteiger charge is -2.47. The number of rotatable bonds is 3. The van der Waals surface area contributed by atoms with Crippen LogP contribution in [0.4, 0.5) is 0 Å². The predicted molar refractivity (Wildman–Crippen MR) is 139 cm³/mol. The van der Waals surface area contributed by atoms with Crippen molar-refractivity contribution in [3.8, 4) is 5.75 Å². The molecular formula is C30H33ClO7. The normalized spacial score (nSPS) is 35.4. The average molecular weight is 541 g/mol. The molecule has 7 nitrogen and oxygen atoms in total. The number of hydrogen-bond donors (Lipinski definition) is 2. The minimum Gasteiger partial charge on any atom is -0.493 e. The molecule has 0 bridgehead atoms. The van der Waals surface area contributed by atoms with Gasteiger partial charge in [-0.3, -0.25) is 9.59 Å². The van der Waals surface area contributed by atoms with Crippen LogP contribution in [-0.2, 0) is 25.5 Å². The van der Waals surface area contributed by atoms with Crippen LogP contribution in [0.5, 0.6) is 5.75 Å². The zero-order chi connectivity index (χ0) is 26.9. The van der Waals surface area contributed by atoms with E-state index < -0.39 is 48.0 Å². The summed E-state index contributed by atoms with van der Waals surface area (Å²) in [7, 11) is 0. The second-order valence-corrected chi connectivity index (χ2v) is 12.0. The number of halogens is 1. The highest BCUT2D eigenvalue weighted by Crippen LogP contribution is 2.50. The Morgan fingerprint density at radius 3 is 2.58 bits per heavy atom. The van der Waals surface area contributed by atoms with E-state index in [2.05, 4.69) is 0 Å². The Morgan fingerprint density at radius 2 is 1.79 bits per heavy atom. The second-order valence-electron chi connectivity index (χ2n) is 11.5. The number of fused-ring (bicyclic) bond motifs is 2. The molecule has 3 aliphatic heterocycles. The highest BCUT2D eigenvalue weighted by molar-refractivity contribution is 6.30. The predicted octanol–water partition coefficient (Wildman–Crippen LogP) is 4.30. The smallest absolute Gasteiger partial charge is 0.317 e. The molecule has 38 heavy (non-hydrogen) atoms. The fraction of sp³-hybridized carbons (Fsp3) is 0.533. The lowest BCUT2D eigenvalue weighted by molar-refractivity contribution is -0.186. The van der Waals surface area contributed by atoms with E-state index in [1.165, 1.54) is 11.1 Å². The van der Waals surface area contributed by atoms with Crippen LogP contribution >= 0.6 is 11.6 Å². The SMILES string of the molecule is CC1=C(C)CC2C(C1)OC(=O)C(C(c1ccc3c(c1)CCO3)C1C(=O)OC3=C(C=C(Cl)C(C)C3)C1O)C2O. The average Bonchev–Trinajstić information content (AvgIpc) is 3.34. The van der Waals surface area contributed by atoms with Crippen LogP contribution in [0.1, 0.15) is 57.1 Å². The van der Waals surface area contributed by atoms with Gasteiger partial charge >= 0.3 is 11.9 Å². The van der Waals surface area contributed by atoms with Gasteiger partial charge in [0.2, 0.25) is 0 Å². The first-order valence-electron chi connectivity index (χ1n) is 13.4. The Morgan fingerprint density at radius 1 is 1.03 bits per heavy atom. The second kappa shape index (κ2) is 9.54. The largest absolute Gasteiger partial charge is 0.493 e. The van der Waals surface area contributed by atoms with Crippen LogP contribution in [0.25, 0.3) is 0 Å². The molecule has 3 heterocycles. The number of aliphatic hydroxyl groups excluding tert-OH is 2. The van der Waals surface area contributed by atoms with Gasteiger partial charge in [0.1, 0.15) is 17.6 Å². The summed E-state index contributed by atoms with van der Waals surface area (Å²) in [6, 6.07) is 5.56. The summed E-state index contributed by atoms with van der Waals surface area (Å²) in [5.41, 5.74) is 4.43. The molecule has 5 aliphatic rings. The summed E-state index contributed by atoms with van der Waals surface area (Å²) in [5, 5.41) is 24.0. The Hall–Kier alpha value is -2.61. The number of benzene rings is 1. The third kappa shape index (κ3) is 4.10. The number of allylic oxidation sites excluding steroid dienone is 3. The topological polar surface area (TPSA) is 102 Å². The zero-order valence-corrected chi connectivity index (χ0v) is 22.5. The molecule has 0 saturated carbocycles. The summed E-state index contributed by atoms with van der Waals surface area (Å²) < 4.78 is 17.4. The number of hydrogen-bond acceptors (Lipinski definition) is 7. The van der Waals surface area contributed by atoms with Gasteiger partial charge in [-0.25, -0.2) is 0 Å². The van der Waals surface area contributed by atoms with Crippen molar-refractivity contribution < 1.29 is 34.0 Å². The standard InChI is InChI=1S/C30H33ClO7/c1-13-8-18-22(9-14(13)2)37-29(34)25(27(18)32)24(17-4-5-21-16(11-17)6-7-36-21)26-28(33)19-12-20(31)15(3)10-23(19)38-30(26)35/h4-5,11-12,15,18,22,24-28,32-33H,6-10H2,1-3H3. The van der Waals surface area contributed by atoms with Gasteiger partial charge in [-0.1, -0.05) is 41.8 Å². The van der Waals surface area contributed by atoms with E-state index in [1.807, 2.05) is 39.0 Å². The fourth-order valence-corrected chi connectivity index (χ4v) is 7.07. The van der Waals surface area contributed by atoms with E-state index in [4.69, 9.17) is 25.8 Å². The maximum absolute atomic E-state index is 13.6. The molecule has 0 spiro atoms. The molecule has 0 aromatic heterocycles. The molecule has 202 valence electrons. The first-order chi connectivity index (χ1) is 18.1. The summed E-state index contributed by atoms with van der Waals surface area (Å²) >= 11 is 6.44. The van der Waals surface area contributed by atoms with E-state index in [-0.39, 0.29) is 11.8 Å². The third-order valence-corrected chi connectivity index (χ3v) is 9.69. The van der Waals surface area contributed by atoms with Crippen molar-refractivity contribution in [2.24, 2.45) is 23.7 Å². The first-order valence-corrected chi connectivity index (χ1v) is 13.8. The number of aliphatic hydroxyl groups is 2. The van der Waals surface area contributed by atoms with E-state index in [0.717, 1.165) is 11.3 Å². The molecule has 1 aromatic rings.